The van der Waals surface area contributed by atoms with Gasteiger partial charge in [0.1, 0.15) is 19.8 Å². The van der Waals surface area contributed by atoms with Gasteiger partial charge in [-0.15, -0.1) is 0 Å². The molecule has 0 saturated heterocycles. The number of hydrogen-bond acceptors (Lipinski definition) is 6. The Hall–Kier alpha value is -2.11. The first kappa shape index (κ1) is 11.4. The maximum atomic E-state index is 11.0. The van der Waals surface area contributed by atoms with Gasteiger partial charge < -0.3 is 25.3 Å². The molecule has 3 N–H and O–H groups in total. The minimum absolute atomic E-state index is 0.0559. The Balaban J connectivity index is 2.14. The van der Waals surface area contributed by atoms with E-state index in [-0.39, 0.29) is 12.5 Å². The summed E-state index contributed by atoms with van der Waals surface area (Å²) in [5, 5.41) is 2.88. The van der Waals surface area contributed by atoms with E-state index in [0.29, 0.717) is 36.1 Å². The average Bonchev–Trinajstić information content (AvgIpc) is 2.35. The molecule has 0 aromatic heterocycles. The maximum Gasteiger partial charge on any atom is 0.325 e. The van der Waals surface area contributed by atoms with E-state index >= 15 is 0 Å². The van der Waals surface area contributed by atoms with E-state index in [4.69, 9.17) is 15.2 Å². The second-order valence-electron chi connectivity index (χ2n) is 3.51. The fourth-order valence-electron chi connectivity index (χ4n) is 1.50. The third-order valence-electron chi connectivity index (χ3n) is 2.37. The fourth-order valence-corrected chi connectivity index (χ4v) is 1.50. The Morgan fingerprint density at radius 1 is 1.41 bits per heavy atom. The lowest BCUT2D eigenvalue weighted by atomic mass is 10.2. The molecule has 17 heavy (non-hydrogen) atoms. The number of methoxy groups -OCH3 is 1. The van der Waals surface area contributed by atoms with Gasteiger partial charge in [-0.2, -0.15) is 0 Å². The molecule has 0 bridgehead atoms. The molecular weight excluding hydrogens is 224 g/mol. The van der Waals surface area contributed by atoms with Crippen LogP contribution in [0.2, 0.25) is 0 Å². The number of nitrogens with two attached hydrogens (primary N) is 1. The van der Waals surface area contributed by atoms with Crippen LogP contribution in [0.3, 0.4) is 0 Å². The number of fused-ring (bicyclic) bond motifs is 1. The first-order valence-corrected chi connectivity index (χ1v) is 5.20. The Labute approximate surface area is 98.6 Å². The van der Waals surface area contributed by atoms with Gasteiger partial charge in [0.15, 0.2) is 11.5 Å². The summed E-state index contributed by atoms with van der Waals surface area (Å²) >= 11 is 0. The van der Waals surface area contributed by atoms with Gasteiger partial charge in [-0.05, 0) is 0 Å². The summed E-state index contributed by atoms with van der Waals surface area (Å²) < 4.78 is 15.3. The van der Waals surface area contributed by atoms with Crippen molar-refractivity contribution in [1.29, 1.82) is 0 Å². The molecule has 1 aliphatic heterocycles. The van der Waals surface area contributed by atoms with E-state index in [1.165, 1.54) is 7.11 Å². The molecule has 0 atom stereocenters. The highest BCUT2D eigenvalue weighted by Crippen LogP contribution is 2.36. The SMILES string of the molecule is COC(=O)CNc1cc2c(cc1N)OCCO2. The molecule has 0 saturated carbocycles. The van der Waals surface area contributed by atoms with Crippen LogP contribution in [0.1, 0.15) is 0 Å². The van der Waals surface area contributed by atoms with E-state index in [1.807, 2.05) is 0 Å². The normalized spacial score (nSPS) is 13.0. The zero-order chi connectivity index (χ0) is 12.3. The van der Waals surface area contributed by atoms with Crippen LogP contribution in [0.4, 0.5) is 11.4 Å². The number of hydrogen-bond donors (Lipinski definition) is 2. The third-order valence-corrected chi connectivity index (χ3v) is 2.37. The van der Waals surface area contributed by atoms with Gasteiger partial charge in [-0.1, -0.05) is 0 Å². The number of esters is 1. The Morgan fingerprint density at radius 2 is 2.06 bits per heavy atom. The number of nitrogens with one attached hydrogen (secondary N) is 1. The Bertz CT molecular complexity index is 434. The zero-order valence-electron chi connectivity index (χ0n) is 9.49. The topological polar surface area (TPSA) is 82.8 Å². The summed E-state index contributed by atoms with van der Waals surface area (Å²) in [6.07, 6.45) is 0. The monoisotopic (exact) mass is 238 g/mol. The number of ether oxygens (including phenoxy) is 3. The standard InChI is InChI=1S/C11H14N2O4/c1-15-11(14)6-13-8-5-10-9(4-7(8)12)16-2-3-17-10/h4-5,13H,2-3,6,12H2,1H3. The second-order valence-corrected chi connectivity index (χ2v) is 3.51. The van der Waals surface area contributed by atoms with Crippen LogP contribution in [-0.4, -0.2) is 32.8 Å². The second kappa shape index (κ2) is 4.82. The van der Waals surface area contributed by atoms with Crippen molar-refractivity contribution in [1.82, 2.24) is 0 Å². The summed E-state index contributed by atoms with van der Waals surface area (Å²) in [4.78, 5) is 11.0. The quantitative estimate of drug-likeness (QED) is 0.593. The van der Waals surface area contributed by atoms with Gasteiger partial charge in [-0.25, -0.2) is 0 Å². The van der Waals surface area contributed by atoms with Crippen molar-refractivity contribution in [3.8, 4) is 11.5 Å². The molecule has 6 heteroatoms. The summed E-state index contributed by atoms with van der Waals surface area (Å²) in [6.45, 7) is 1.08. The summed E-state index contributed by atoms with van der Waals surface area (Å²) in [5.41, 5.74) is 6.95. The van der Waals surface area contributed by atoms with Crippen molar-refractivity contribution in [2.75, 3.05) is 37.9 Å². The maximum absolute atomic E-state index is 11.0. The predicted molar refractivity (Wildman–Crippen MR) is 62.4 cm³/mol. The molecule has 0 spiro atoms. The van der Waals surface area contributed by atoms with E-state index in [2.05, 4.69) is 10.1 Å². The molecule has 1 aliphatic rings. The largest absolute Gasteiger partial charge is 0.486 e. The molecule has 1 heterocycles. The van der Waals surface area contributed by atoms with Crippen LogP contribution in [0, 0.1) is 0 Å². The van der Waals surface area contributed by atoms with Crippen LogP contribution in [0.5, 0.6) is 11.5 Å². The van der Waals surface area contributed by atoms with E-state index in [0.717, 1.165) is 0 Å². The number of carbonyl (C=O) groups is 1. The van der Waals surface area contributed by atoms with Gasteiger partial charge in [0, 0.05) is 12.1 Å². The van der Waals surface area contributed by atoms with Crippen LogP contribution < -0.4 is 20.5 Å². The molecular formula is C11H14N2O4. The molecule has 0 fully saturated rings. The lowest BCUT2D eigenvalue weighted by Gasteiger charge is -2.20. The van der Waals surface area contributed by atoms with Crippen LogP contribution >= 0.6 is 0 Å². The highest BCUT2D eigenvalue weighted by atomic mass is 16.6. The van der Waals surface area contributed by atoms with Crippen LogP contribution in [0.15, 0.2) is 12.1 Å². The Morgan fingerprint density at radius 3 is 2.71 bits per heavy atom. The highest BCUT2D eigenvalue weighted by Gasteiger charge is 2.14. The molecule has 0 aliphatic carbocycles. The molecule has 1 aromatic carbocycles. The number of nitrogen functional groups attached to an aromatic ring is 1. The summed E-state index contributed by atoms with van der Waals surface area (Å²) in [6, 6.07) is 3.39. The highest BCUT2D eigenvalue weighted by molar-refractivity contribution is 5.79. The van der Waals surface area contributed by atoms with Gasteiger partial charge in [0.05, 0.1) is 18.5 Å². The number of anilines is 2. The van der Waals surface area contributed by atoms with Gasteiger partial charge in [0.25, 0.3) is 0 Å². The van der Waals surface area contributed by atoms with E-state index in [1.54, 1.807) is 12.1 Å². The van der Waals surface area contributed by atoms with Crippen molar-refractivity contribution >= 4 is 17.3 Å². The number of rotatable bonds is 3. The lowest BCUT2D eigenvalue weighted by molar-refractivity contribution is -0.138. The van der Waals surface area contributed by atoms with Crippen molar-refractivity contribution in [3.63, 3.8) is 0 Å². The first-order valence-electron chi connectivity index (χ1n) is 5.20. The van der Waals surface area contributed by atoms with Crippen LogP contribution in [-0.2, 0) is 9.53 Å². The minimum Gasteiger partial charge on any atom is -0.486 e. The third kappa shape index (κ3) is 2.52. The first-order chi connectivity index (χ1) is 8.20. The van der Waals surface area contributed by atoms with E-state index < -0.39 is 0 Å². The smallest absolute Gasteiger partial charge is 0.325 e. The van der Waals surface area contributed by atoms with Gasteiger partial charge >= 0.3 is 5.97 Å². The van der Waals surface area contributed by atoms with Crippen molar-refractivity contribution < 1.29 is 19.0 Å². The number of benzene rings is 1. The fraction of sp³-hybridized carbons (Fsp3) is 0.364. The molecule has 0 radical (unpaired) electrons. The van der Waals surface area contributed by atoms with Crippen molar-refractivity contribution in [2.45, 2.75) is 0 Å². The number of carbonyl (C=O) groups excluding carboxylic acids is 1. The van der Waals surface area contributed by atoms with Crippen molar-refractivity contribution in [2.24, 2.45) is 0 Å². The van der Waals surface area contributed by atoms with Gasteiger partial charge in [0.2, 0.25) is 0 Å². The van der Waals surface area contributed by atoms with Gasteiger partial charge in [-0.3, -0.25) is 4.79 Å². The molecule has 0 amide bonds. The van der Waals surface area contributed by atoms with Crippen molar-refractivity contribution in [3.05, 3.63) is 12.1 Å². The van der Waals surface area contributed by atoms with Crippen LogP contribution in [0.25, 0.3) is 0 Å². The molecule has 92 valence electrons. The minimum atomic E-state index is -0.362. The molecule has 0 unspecified atom stereocenters. The van der Waals surface area contributed by atoms with E-state index in [9.17, 15) is 4.79 Å². The summed E-state index contributed by atoms with van der Waals surface area (Å²) in [7, 11) is 1.33. The summed E-state index contributed by atoms with van der Waals surface area (Å²) in [5.74, 6) is 0.884. The average molecular weight is 238 g/mol. The molecule has 6 nitrogen and oxygen atoms in total. The predicted octanol–water partition coefficient (Wildman–Crippen LogP) is 0.625. The molecule has 1 aromatic rings. The zero-order valence-corrected chi connectivity index (χ0v) is 9.49. The molecule has 2 rings (SSSR count). The lowest BCUT2D eigenvalue weighted by Crippen LogP contribution is -2.18. The Kier molecular flexibility index (Phi) is 3.22.